The summed E-state index contributed by atoms with van der Waals surface area (Å²) in [6.07, 6.45) is 0. The Morgan fingerprint density at radius 3 is 2.12 bits per heavy atom. The number of fused-ring (bicyclic) bond motifs is 1. The number of likely N-dealkylation sites (N-methyl/N-ethyl adjacent to an activating group) is 1. The smallest absolute Gasteiger partial charge is 0.328 e. The normalized spacial score (nSPS) is 10.4. The van der Waals surface area contributed by atoms with Crippen LogP contribution in [0.5, 0.6) is 5.19 Å². The molecule has 0 aliphatic rings. The van der Waals surface area contributed by atoms with Crippen LogP contribution in [0.15, 0.2) is 54.6 Å². The number of aromatic nitrogens is 1. The van der Waals surface area contributed by atoms with Gasteiger partial charge in [0.1, 0.15) is 0 Å². The molecular weight excluding hydrogens is 460 g/mol. The van der Waals surface area contributed by atoms with Gasteiger partial charge in [0.2, 0.25) is 0 Å². The lowest BCUT2D eigenvalue weighted by Crippen LogP contribution is -2.46. The van der Waals surface area contributed by atoms with Crippen LogP contribution >= 0.6 is 11.3 Å². The van der Waals surface area contributed by atoms with Gasteiger partial charge < -0.3 is 21.1 Å². The van der Waals surface area contributed by atoms with Gasteiger partial charge in [0, 0.05) is 12.7 Å². The van der Waals surface area contributed by atoms with E-state index in [1.807, 2.05) is 54.6 Å². The van der Waals surface area contributed by atoms with E-state index in [0.29, 0.717) is 5.19 Å². The van der Waals surface area contributed by atoms with Crippen LogP contribution in [0.1, 0.15) is 0 Å². The highest BCUT2D eigenvalue weighted by atomic mass is 32.2. The number of hydrogen-bond acceptors (Lipinski definition) is 8. The number of ether oxygens (including phenoxy) is 1. The van der Waals surface area contributed by atoms with Crippen LogP contribution in [0.2, 0.25) is 0 Å². The number of para-hydroxylation sites is 2. The molecule has 0 radical (unpaired) electrons. The molecule has 3 aromatic rings. The van der Waals surface area contributed by atoms with Crippen LogP contribution in [-0.2, 0) is 15.0 Å². The Morgan fingerprint density at radius 1 is 1.00 bits per heavy atom. The number of hydrogen-bond donors (Lipinski definition) is 4. The quantitative estimate of drug-likeness (QED) is 0.403. The van der Waals surface area contributed by atoms with Gasteiger partial charge in [0.05, 0.1) is 10.2 Å². The van der Waals surface area contributed by atoms with E-state index in [1.54, 1.807) is 11.9 Å². The lowest BCUT2D eigenvalue weighted by atomic mass is 10.3. The van der Waals surface area contributed by atoms with Crippen LogP contribution in [0.25, 0.3) is 10.2 Å². The van der Waals surface area contributed by atoms with Gasteiger partial charge in [-0.05, 0) is 24.3 Å². The third-order valence-electron chi connectivity index (χ3n) is 3.58. The van der Waals surface area contributed by atoms with Crippen molar-refractivity contribution in [2.24, 2.45) is 11.5 Å². The van der Waals surface area contributed by atoms with Crippen LogP contribution < -0.4 is 30.5 Å². The van der Waals surface area contributed by atoms with E-state index in [4.69, 9.17) is 4.74 Å². The molecule has 1 heterocycles. The monoisotopic (exact) mass is 480 g/mol. The predicted octanol–water partition coefficient (Wildman–Crippen LogP) is 0.906. The molecule has 0 fully saturated rings. The van der Waals surface area contributed by atoms with Gasteiger partial charge in [-0.3, -0.25) is 4.79 Å². The average Bonchev–Trinajstić information content (AvgIpc) is 3.13. The molecule has 2 aromatic carbocycles. The second kappa shape index (κ2) is 10.9. The summed E-state index contributed by atoms with van der Waals surface area (Å²) >= 11 is 1.44. The third-order valence-corrected chi connectivity index (χ3v) is 5.47. The number of benzene rings is 2. The van der Waals surface area contributed by atoms with Gasteiger partial charge in [-0.1, -0.05) is 41.7 Å². The molecule has 170 valence electrons. The molecule has 0 aliphatic heterocycles. The van der Waals surface area contributed by atoms with Crippen molar-refractivity contribution in [2.75, 3.05) is 18.6 Å². The summed E-state index contributed by atoms with van der Waals surface area (Å²) in [5.74, 6) is -0.111. The van der Waals surface area contributed by atoms with Crippen LogP contribution in [-0.4, -0.2) is 45.0 Å². The summed E-state index contributed by atoms with van der Waals surface area (Å²) in [6.45, 7) is -0.0226. The molecule has 0 spiro atoms. The highest BCUT2D eigenvalue weighted by Crippen LogP contribution is 2.27. The zero-order valence-electron chi connectivity index (χ0n) is 16.7. The first-order valence-electron chi connectivity index (χ1n) is 8.77. The first-order valence-corrected chi connectivity index (χ1v) is 11.1. The lowest BCUT2D eigenvalue weighted by molar-refractivity contribution is -0.120. The maximum absolute atomic E-state index is 12.1. The maximum Gasteiger partial charge on any atom is 0.328 e. The Hall–Kier alpha value is -3.91. The van der Waals surface area contributed by atoms with E-state index in [-0.39, 0.29) is 12.5 Å². The number of urea groups is 2. The van der Waals surface area contributed by atoms with E-state index >= 15 is 0 Å². The molecule has 0 saturated heterocycles. The molecular formula is C18H20N6O6S2. The number of nitrogens with zero attached hydrogens (tertiary/aromatic N) is 2. The SMILES string of the molecule is CN(C(=O)COc1nc2ccccc2s1)c1ccccc1.NC(=O)NS(=O)(=O)NC(N)=O. The fourth-order valence-corrected chi connectivity index (χ4v) is 3.61. The minimum atomic E-state index is -4.23. The fourth-order valence-electron chi connectivity index (χ4n) is 2.22. The van der Waals surface area contributed by atoms with Crippen molar-refractivity contribution in [3.05, 3.63) is 54.6 Å². The van der Waals surface area contributed by atoms with Crippen molar-refractivity contribution < 1.29 is 27.5 Å². The summed E-state index contributed by atoms with van der Waals surface area (Å²) in [4.78, 5) is 37.9. The third kappa shape index (κ3) is 7.73. The number of carbonyl (C=O) groups excluding carboxylic acids is 3. The first kappa shape index (κ1) is 24.4. The predicted molar refractivity (Wildman–Crippen MR) is 119 cm³/mol. The number of carbonyl (C=O) groups is 3. The van der Waals surface area contributed by atoms with E-state index in [2.05, 4.69) is 16.5 Å². The second-order valence-corrected chi connectivity index (χ2v) is 8.37. The Morgan fingerprint density at radius 2 is 1.56 bits per heavy atom. The summed E-state index contributed by atoms with van der Waals surface area (Å²) < 4.78 is 29.9. The lowest BCUT2D eigenvalue weighted by Gasteiger charge is -2.16. The summed E-state index contributed by atoms with van der Waals surface area (Å²) in [7, 11) is -2.49. The molecule has 0 bridgehead atoms. The molecule has 1 aromatic heterocycles. The van der Waals surface area contributed by atoms with Gasteiger partial charge in [0.15, 0.2) is 6.61 Å². The first-order chi connectivity index (χ1) is 15.1. The molecule has 32 heavy (non-hydrogen) atoms. The van der Waals surface area contributed by atoms with Crippen LogP contribution in [0.3, 0.4) is 0 Å². The zero-order valence-corrected chi connectivity index (χ0v) is 18.4. The van der Waals surface area contributed by atoms with Crippen molar-refractivity contribution in [3.63, 3.8) is 0 Å². The minimum Gasteiger partial charge on any atom is -0.460 e. The van der Waals surface area contributed by atoms with E-state index < -0.39 is 22.3 Å². The van der Waals surface area contributed by atoms with Crippen molar-refractivity contribution >= 4 is 55.4 Å². The molecule has 0 unspecified atom stereocenters. The van der Waals surface area contributed by atoms with Gasteiger partial charge in [-0.25, -0.2) is 24.0 Å². The van der Waals surface area contributed by atoms with Gasteiger partial charge in [0.25, 0.3) is 11.1 Å². The largest absolute Gasteiger partial charge is 0.460 e. The van der Waals surface area contributed by atoms with Gasteiger partial charge >= 0.3 is 22.3 Å². The number of anilines is 1. The number of nitrogens with one attached hydrogen (secondary N) is 2. The van der Waals surface area contributed by atoms with Crippen molar-refractivity contribution in [3.8, 4) is 5.19 Å². The molecule has 14 heteroatoms. The molecule has 0 saturated carbocycles. The molecule has 3 rings (SSSR count). The minimum absolute atomic E-state index is 0.0226. The number of thiazole rings is 1. The van der Waals surface area contributed by atoms with Crippen LogP contribution in [0, 0.1) is 0 Å². The highest BCUT2D eigenvalue weighted by molar-refractivity contribution is 7.88. The second-order valence-electron chi connectivity index (χ2n) is 5.96. The molecule has 6 N–H and O–H groups in total. The standard InChI is InChI=1S/C16H14N2O2S.C2H6N4O4S/c1-18(12-7-3-2-4-8-12)15(19)11-20-16-17-13-9-5-6-10-14(13)21-16;3-1(7)5-11(9,10)6-2(4)8/h2-10H,11H2,1H3;(H3,3,5,7)(H3,4,6,8). The van der Waals surface area contributed by atoms with Crippen molar-refractivity contribution in [2.45, 2.75) is 0 Å². The summed E-state index contributed by atoms with van der Waals surface area (Å²) in [5.41, 5.74) is 10.6. The highest BCUT2D eigenvalue weighted by Gasteiger charge is 2.13. The Balaban J connectivity index is 0.000000282. The topological polar surface area (TPSA) is 187 Å². The Kier molecular flexibility index (Phi) is 8.31. The fraction of sp³-hybridized carbons (Fsp3) is 0.111. The summed E-state index contributed by atoms with van der Waals surface area (Å²) in [5, 5.41) is 0.519. The Bertz CT molecular complexity index is 1140. The van der Waals surface area contributed by atoms with E-state index in [9.17, 15) is 22.8 Å². The van der Waals surface area contributed by atoms with Crippen molar-refractivity contribution in [1.82, 2.24) is 14.4 Å². The Labute approximate surface area is 187 Å². The molecule has 12 nitrogen and oxygen atoms in total. The van der Waals surface area contributed by atoms with Crippen LogP contribution in [0.4, 0.5) is 15.3 Å². The molecule has 0 aliphatic carbocycles. The summed E-state index contributed by atoms with van der Waals surface area (Å²) in [6, 6.07) is 14.7. The zero-order chi connectivity index (χ0) is 23.7. The molecule has 0 atom stereocenters. The average molecular weight is 481 g/mol. The van der Waals surface area contributed by atoms with Gasteiger partial charge in [-0.15, -0.1) is 0 Å². The number of primary amides is 2. The number of amides is 5. The van der Waals surface area contributed by atoms with Gasteiger partial charge in [-0.2, -0.15) is 8.42 Å². The van der Waals surface area contributed by atoms with E-state index in [0.717, 1.165) is 15.9 Å². The molecule has 5 amide bonds. The maximum atomic E-state index is 12.1. The number of rotatable bonds is 6. The van der Waals surface area contributed by atoms with E-state index in [1.165, 1.54) is 20.8 Å². The van der Waals surface area contributed by atoms with Crippen molar-refractivity contribution in [1.29, 1.82) is 0 Å². The number of nitrogens with two attached hydrogens (primary N) is 2.